The summed E-state index contributed by atoms with van der Waals surface area (Å²) < 4.78 is 5.33. The van der Waals surface area contributed by atoms with Gasteiger partial charge in [0.1, 0.15) is 6.07 Å². The van der Waals surface area contributed by atoms with Crippen molar-refractivity contribution in [3.63, 3.8) is 0 Å². The van der Waals surface area contributed by atoms with E-state index in [4.69, 9.17) is 4.74 Å². The summed E-state index contributed by atoms with van der Waals surface area (Å²) in [6.07, 6.45) is 1.77. The molecule has 0 N–H and O–H groups in total. The Morgan fingerprint density at radius 1 is 1.23 bits per heavy atom. The van der Waals surface area contributed by atoms with Gasteiger partial charge in [0, 0.05) is 32.8 Å². The Kier molecular flexibility index (Phi) is 4.59. The molecule has 0 aromatic heterocycles. The highest BCUT2D eigenvalue weighted by molar-refractivity contribution is 5.79. The number of amides is 1. The monoisotopic (exact) mass is 299 g/mol. The van der Waals surface area contributed by atoms with E-state index in [9.17, 15) is 10.1 Å². The molecule has 2 fully saturated rings. The van der Waals surface area contributed by atoms with Crippen LogP contribution in [0.2, 0.25) is 0 Å². The van der Waals surface area contributed by atoms with E-state index in [-0.39, 0.29) is 11.8 Å². The molecular formula is C17H21N3O2. The average molecular weight is 299 g/mol. The van der Waals surface area contributed by atoms with Crippen molar-refractivity contribution in [3.05, 3.63) is 29.8 Å². The summed E-state index contributed by atoms with van der Waals surface area (Å²) >= 11 is 0. The van der Waals surface area contributed by atoms with Gasteiger partial charge in [0.2, 0.25) is 5.91 Å². The zero-order valence-corrected chi connectivity index (χ0v) is 12.7. The number of carbonyl (C=O) groups is 1. The summed E-state index contributed by atoms with van der Waals surface area (Å²) in [5.41, 5.74) is 1.68. The first kappa shape index (κ1) is 14.9. The molecule has 1 atom stereocenters. The Balaban J connectivity index is 1.67. The molecule has 1 aromatic rings. The third-order valence-electron chi connectivity index (χ3n) is 4.45. The molecule has 1 amide bonds. The van der Waals surface area contributed by atoms with Gasteiger partial charge in [0.25, 0.3) is 0 Å². The molecule has 0 aliphatic carbocycles. The highest BCUT2D eigenvalue weighted by Gasteiger charge is 2.29. The number of hydrogen-bond acceptors (Lipinski definition) is 4. The summed E-state index contributed by atoms with van der Waals surface area (Å²) in [6.45, 7) is 4.43. The van der Waals surface area contributed by atoms with E-state index >= 15 is 0 Å². The zero-order valence-electron chi connectivity index (χ0n) is 12.7. The van der Waals surface area contributed by atoms with Gasteiger partial charge in [-0.1, -0.05) is 12.1 Å². The molecule has 0 saturated carbocycles. The maximum atomic E-state index is 12.5. The lowest BCUT2D eigenvalue weighted by Crippen LogP contribution is -2.39. The van der Waals surface area contributed by atoms with Gasteiger partial charge in [0.05, 0.1) is 23.8 Å². The Morgan fingerprint density at radius 2 is 2.09 bits per heavy atom. The van der Waals surface area contributed by atoms with Gasteiger partial charge in [-0.25, -0.2) is 0 Å². The van der Waals surface area contributed by atoms with E-state index in [0.29, 0.717) is 18.8 Å². The molecule has 2 aliphatic heterocycles. The SMILES string of the molecule is N#Cc1ccccc1N1CCCN(C(=O)C2CCOC2)CC1. The molecule has 2 aliphatic rings. The number of rotatable bonds is 2. The molecule has 0 radical (unpaired) electrons. The number of para-hydroxylation sites is 1. The van der Waals surface area contributed by atoms with Crippen LogP contribution >= 0.6 is 0 Å². The summed E-state index contributed by atoms with van der Waals surface area (Å²) in [7, 11) is 0. The quantitative estimate of drug-likeness (QED) is 0.833. The van der Waals surface area contributed by atoms with Crippen LogP contribution in [0, 0.1) is 17.2 Å². The number of carbonyl (C=O) groups excluding carboxylic acids is 1. The summed E-state index contributed by atoms with van der Waals surface area (Å²) in [5, 5.41) is 9.25. The predicted molar refractivity (Wildman–Crippen MR) is 83.5 cm³/mol. The van der Waals surface area contributed by atoms with Crippen molar-refractivity contribution < 1.29 is 9.53 Å². The van der Waals surface area contributed by atoms with Crippen LogP contribution < -0.4 is 4.90 Å². The van der Waals surface area contributed by atoms with Gasteiger partial charge in [-0.05, 0) is 25.0 Å². The van der Waals surface area contributed by atoms with Crippen molar-refractivity contribution in [2.45, 2.75) is 12.8 Å². The van der Waals surface area contributed by atoms with E-state index in [0.717, 1.165) is 44.7 Å². The summed E-state index contributed by atoms with van der Waals surface area (Å²) in [5.74, 6) is 0.269. The van der Waals surface area contributed by atoms with Crippen LogP contribution in [-0.4, -0.2) is 50.2 Å². The minimum atomic E-state index is 0.0398. The van der Waals surface area contributed by atoms with E-state index in [1.807, 2.05) is 29.2 Å². The number of hydrogen-bond donors (Lipinski definition) is 0. The zero-order chi connectivity index (χ0) is 15.4. The maximum absolute atomic E-state index is 12.5. The third kappa shape index (κ3) is 3.07. The Labute approximate surface area is 131 Å². The van der Waals surface area contributed by atoms with Crippen LogP contribution in [0.15, 0.2) is 24.3 Å². The minimum absolute atomic E-state index is 0.0398. The lowest BCUT2D eigenvalue weighted by Gasteiger charge is -2.25. The van der Waals surface area contributed by atoms with Crippen LogP contribution in [0.1, 0.15) is 18.4 Å². The second-order valence-corrected chi connectivity index (χ2v) is 5.86. The van der Waals surface area contributed by atoms with Crippen molar-refractivity contribution >= 4 is 11.6 Å². The topological polar surface area (TPSA) is 56.6 Å². The molecule has 1 aromatic carbocycles. The van der Waals surface area contributed by atoms with Crippen LogP contribution in [0.25, 0.3) is 0 Å². The molecule has 1 unspecified atom stereocenters. The number of nitriles is 1. The van der Waals surface area contributed by atoms with Gasteiger partial charge >= 0.3 is 0 Å². The van der Waals surface area contributed by atoms with Crippen LogP contribution in [-0.2, 0) is 9.53 Å². The fourth-order valence-corrected chi connectivity index (χ4v) is 3.21. The summed E-state index contributed by atoms with van der Waals surface area (Å²) in [6, 6.07) is 9.93. The van der Waals surface area contributed by atoms with Crippen molar-refractivity contribution in [1.29, 1.82) is 5.26 Å². The van der Waals surface area contributed by atoms with Gasteiger partial charge in [-0.15, -0.1) is 0 Å². The second kappa shape index (κ2) is 6.80. The maximum Gasteiger partial charge on any atom is 0.228 e. The van der Waals surface area contributed by atoms with Crippen molar-refractivity contribution in [1.82, 2.24) is 4.90 Å². The first-order valence-electron chi connectivity index (χ1n) is 7.90. The normalized spacial score (nSPS) is 22.2. The molecule has 0 bridgehead atoms. The van der Waals surface area contributed by atoms with Crippen molar-refractivity contribution in [2.75, 3.05) is 44.3 Å². The van der Waals surface area contributed by atoms with E-state index in [2.05, 4.69) is 11.0 Å². The Hall–Kier alpha value is -2.06. The highest BCUT2D eigenvalue weighted by Crippen LogP contribution is 2.22. The molecule has 5 heteroatoms. The van der Waals surface area contributed by atoms with Gasteiger partial charge in [-0.2, -0.15) is 5.26 Å². The molecular weight excluding hydrogens is 278 g/mol. The lowest BCUT2D eigenvalue weighted by molar-refractivity contribution is -0.135. The fraction of sp³-hybridized carbons (Fsp3) is 0.529. The smallest absolute Gasteiger partial charge is 0.228 e. The second-order valence-electron chi connectivity index (χ2n) is 5.86. The third-order valence-corrected chi connectivity index (χ3v) is 4.45. The standard InChI is InChI=1S/C17H21N3O2/c18-12-14-4-1-2-5-16(14)19-7-3-8-20(10-9-19)17(21)15-6-11-22-13-15/h1-2,4-5,15H,3,6-11,13H2. The highest BCUT2D eigenvalue weighted by atomic mass is 16.5. The molecule has 22 heavy (non-hydrogen) atoms. The van der Waals surface area contributed by atoms with Gasteiger partial charge < -0.3 is 14.5 Å². The first-order valence-corrected chi connectivity index (χ1v) is 7.90. The molecule has 3 rings (SSSR count). The van der Waals surface area contributed by atoms with Gasteiger partial charge in [0.15, 0.2) is 0 Å². The Bertz CT molecular complexity index is 576. The fourth-order valence-electron chi connectivity index (χ4n) is 3.21. The number of anilines is 1. The number of ether oxygens (including phenoxy) is 1. The lowest BCUT2D eigenvalue weighted by atomic mass is 10.1. The molecule has 2 saturated heterocycles. The first-order chi connectivity index (χ1) is 10.8. The predicted octanol–water partition coefficient (Wildman–Crippen LogP) is 1.63. The van der Waals surface area contributed by atoms with E-state index < -0.39 is 0 Å². The summed E-state index contributed by atoms with van der Waals surface area (Å²) in [4.78, 5) is 16.7. The van der Waals surface area contributed by atoms with Crippen LogP contribution in [0.3, 0.4) is 0 Å². The van der Waals surface area contributed by atoms with Crippen molar-refractivity contribution in [2.24, 2.45) is 5.92 Å². The molecule has 116 valence electrons. The molecule has 5 nitrogen and oxygen atoms in total. The minimum Gasteiger partial charge on any atom is -0.381 e. The van der Waals surface area contributed by atoms with E-state index in [1.165, 1.54) is 0 Å². The molecule has 0 spiro atoms. The van der Waals surface area contributed by atoms with Gasteiger partial charge in [-0.3, -0.25) is 4.79 Å². The van der Waals surface area contributed by atoms with Crippen LogP contribution in [0.5, 0.6) is 0 Å². The van der Waals surface area contributed by atoms with Crippen LogP contribution in [0.4, 0.5) is 5.69 Å². The van der Waals surface area contributed by atoms with E-state index in [1.54, 1.807) is 0 Å². The number of benzene rings is 1. The largest absolute Gasteiger partial charge is 0.381 e. The average Bonchev–Trinajstić information content (AvgIpc) is 2.99. The Morgan fingerprint density at radius 3 is 2.86 bits per heavy atom. The number of nitrogens with zero attached hydrogens (tertiary/aromatic N) is 3. The molecule has 2 heterocycles. The van der Waals surface area contributed by atoms with Crippen molar-refractivity contribution in [3.8, 4) is 6.07 Å².